The Bertz CT molecular complexity index is 570. The van der Waals surface area contributed by atoms with Gasteiger partial charge in [-0.15, -0.1) is 11.8 Å². The number of benzene rings is 1. The van der Waals surface area contributed by atoms with Crippen molar-refractivity contribution in [1.82, 2.24) is 5.32 Å². The molecular formula is C16H22N2O4S. The molecule has 23 heavy (non-hydrogen) atoms. The van der Waals surface area contributed by atoms with E-state index in [4.69, 9.17) is 5.11 Å². The van der Waals surface area contributed by atoms with Gasteiger partial charge in [-0.25, -0.2) is 0 Å². The summed E-state index contributed by atoms with van der Waals surface area (Å²) in [5.41, 5.74) is 0.815. The first-order chi connectivity index (χ1) is 10.7. The smallest absolute Gasteiger partial charge is 0.310 e. The molecule has 0 unspecified atom stereocenters. The van der Waals surface area contributed by atoms with Gasteiger partial charge in [0.15, 0.2) is 0 Å². The Hall–Kier alpha value is -2.02. The van der Waals surface area contributed by atoms with E-state index in [1.165, 1.54) is 25.6 Å². The maximum absolute atomic E-state index is 11.7. The number of carbonyl (C=O) groups is 3. The van der Waals surface area contributed by atoms with E-state index in [9.17, 15) is 14.4 Å². The van der Waals surface area contributed by atoms with Crippen molar-refractivity contribution in [1.29, 1.82) is 0 Å². The summed E-state index contributed by atoms with van der Waals surface area (Å²) in [6, 6.07) is 7.44. The number of carboxylic acid groups (broad SMARTS) is 1. The minimum absolute atomic E-state index is 0.0529. The number of hydrogen-bond acceptors (Lipinski definition) is 4. The number of amides is 2. The van der Waals surface area contributed by atoms with Crippen LogP contribution in [0, 0.1) is 12.3 Å². The maximum atomic E-state index is 11.7. The van der Waals surface area contributed by atoms with Gasteiger partial charge >= 0.3 is 5.97 Å². The molecule has 0 fully saturated rings. The molecular weight excluding hydrogens is 316 g/mol. The molecule has 0 aliphatic rings. The summed E-state index contributed by atoms with van der Waals surface area (Å²) >= 11 is 1.18. The second-order valence-electron chi connectivity index (χ2n) is 5.87. The molecule has 0 atom stereocenters. The van der Waals surface area contributed by atoms with Crippen LogP contribution in [-0.2, 0) is 14.4 Å². The first kappa shape index (κ1) is 19.0. The first-order valence-electron chi connectivity index (χ1n) is 7.15. The largest absolute Gasteiger partial charge is 0.481 e. The lowest BCUT2D eigenvalue weighted by Gasteiger charge is -2.19. The quantitative estimate of drug-likeness (QED) is 0.673. The highest BCUT2D eigenvalue weighted by molar-refractivity contribution is 8.00. The van der Waals surface area contributed by atoms with E-state index in [2.05, 4.69) is 10.6 Å². The van der Waals surface area contributed by atoms with Gasteiger partial charge < -0.3 is 15.7 Å². The summed E-state index contributed by atoms with van der Waals surface area (Å²) in [5.74, 6) is -1.17. The van der Waals surface area contributed by atoms with E-state index in [0.29, 0.717) is 5.69 Å². The molecule has 0 saturated carbocycles. The van der Waals surface area contributed by atoms with Gasteiger partial charge in [-0.05, 0) is 32.9 Å². The Labute approximate surface area is 140 Å². The predicted octanol–water partition coefficient (Wildman–Crippen LogP) is 1.89. The lowest BCUT2D eigenvalue weighted by molar-refractivity contribution is -0.146. The van der Waals surface area contributed by atoms with Crippen LogP contribution in [0.15, 0.2) is 24.3 Å². The Balaban J connectivity index is 2.25. The van der Waals surface area contributed by atoms with E-state index in [0.717, 1.165) is 5.56 Å². The Morgan fingerprint density at radius 1 is 1.09 bits per heavy atom. The number of carboxylic acids is 1. The Morgan fingerprint density at radius 2 is 1.65 bits per heavy atom. The number of rotatable bonds is 8. The van der Waals surface area contributed by atoms with Gasteiger partial charge in [0.2, 0.25) is 11.8 Å². The first-order valence-corrected chi connectivity index (χ1v) is 8.30. The molecule has 0 aromatic heterocycles. The van der Waals surface area contributed by atoms with Crippen LogP contribution in [0.4, 0.5) is 5.69 Å². The molecule has 0 bridgehead atoms. The molecule has 0 saturated heterocycles. The van der Waals surface area contributed by atoms with E-state index >= 15 is 0 Å². The van der Waals surface area contributed by atoms with Crippen LogP contribution < -0.4 is 10.6 Å². The zero-order valence-electron chi connectivity index (χ0n) is 13.5. The summed E-state index contributed by atoms with van der Waals surface area (Å²) in [5, 5.41) is 14.3. The van der Waals surface area contributed by atoms with Crippen LogP contribution in [-0.4, -0.2) is 40.9 Å². The number of nitrogens with one attached hydrogen (secondary N) is 2. The van der Waals surface area contributed by atoms with Crippen molar-refractivity contribution in [2.24, 2.45) is 5.41 Å². The monoisotopic (exact) mass is 338 g/mol. The lowest BCUT2D eigenvalue weighted by atomic mass is 9.94. The van der Waals surface area contributed by atoms with Gasteiger partial charge in [0.25, 0.3) is 0 Å². The Kier molecular flexibility index (Phi) is 7.09. The van der Waals surface area contributed by atoms with Crippen molar-refractivity contribution in [3.05, 3.63) is 29.8 Å². The fraction of sp³-hybridized carbons (Fsp3) is 0.438. The van der Waals surface area contributed by atoms with Gasteiger partial charge in [-0.3, -0.25) is 14.4 Å². The van der Waals surface area contributed by atoms with Crippen LogP contribution in [0.2, 0.25) is 0 Å². The third-order valence-electron chi connectivity index (χ3n) is 3.11. The van der Waals surface area contributed by atoms with E-state index < -0.39 is 11.4 Å². The average Bonchev–Trinajstić information content (AvgIpc) is 2.47. The zero-order chi connectivity index (χ0) is 17.5. The van der Waals surface area contributed by atoms with E-state index in [1.54, 1.807) is 0 Å². The van der Waals surface area contributed by atoms with E-state index in [1.807, 2.05) is 31.2 Å². The van der Waals surface area contributed by atoms with Crippen molar-refractivity contribution < 1.29 is 19.5 Å². The van der Waals surface area contributed by atoms with Gasteiger partial charge in [0.05, 0.1) is 16.9 Å². The molecule has 0 heterocycles. The highest BCUT2D eigenvalue weighted by Crippen LogP contribution is 2.13. The van der Waals surface area contributed by atoms with Gasteiger partial charge in [0.1, 0.15) is 0 Å². The molecule has 0 radical (unpaired) electrons. The highest BCUT2D eigenvalue weighted by Gasteiger charge is 2.27. The third kappa shape index (κ3) is 7.19. The molecule has 1 rings (SSSR count). The molecule has 0 aliphatic carbocycles. The van der Waals surface area contributed by atoms with Crippen LogP contribution in [0.3, 0.4) is 0 Å². The molecule has 6 nitrogen and oxygen atoms in total. The molecule has 1 aromatic rings. The number of aryl methyl sites for hydroxylation is 1. The van der Waals surface area contributed by atoms with Crippen LogP contribution >= 0.6 is 11.8 Å². The number of aliphatic carboxylic acids is 1. The molecule has 3 N–H and O–H groups in total. The van der Waals surface area contributed by atoms with Crippen molar-refractivity contribution in [2.75, 3.05) is 23.4 Å². The second kappa shape index (κ2) is 8.57. The van der Waals surface area contributed by atoms with Gasteiger partial charge in [-0.1, -0.05) is 17.7 Å². The normalized spacial score (nSPS) is 10.9. The average molecular weight is 338 g/mol. The molecule has 0 spiro atoms. The van der Waals surface area contributed by atoms with Crippen molar-refractivity contribution in [3.63, 3.8) is 0 Å². The second-order valence-corrected chi connectivity index (χ2v) is 6.86. The standard InChI is InChI=1S/C16H22N2O4S/c1-11-4-6-12(7-5-11)18-14(20)9-23-8-13(19)17-10-16(2,3)15(21)22/h4-7H,8-10H2,1-3H3,(H,17,19)(H,18,20)(H,21,22). The fourth-order valence-electron chi connectivity index (χ4n) is 1.52. The SMILES string of the molecule is Cc1ccc(NC(=O)CSCC(=O)NCC(C)(C)C(=O)O)cc1. The minimum Gasteiger partial charge on any atom is -0.481 e. The molecule has 1 aromatic carbocycles. The highest BCUT2D eigenvalue weighted by atomic mass is 32.2. The molecule has 0 aliphatic heterocycles. The summed E-state index contributed by atoms with van der Waals surface area (Å²) < 4.78 is 0. The number of hydrogen-bond donors (Lipinski definition) is 3. The zero-order valence-corrected chi connectivity index (χ0v) is 14.3. The topological polar surface area (TPSA) is 95.5 Å². The van der Waals surface area contributed by atoms with Crippen LogP contribution in [0.1, 0.15) is 19.4 Å². The Morgan fingerprint density at radius 3 is 2.22 bits per heavy atom. The summed E-state index contributed by atoms with van der Waals surface area (Å²) in [6.07, 6.45) is 0. The van der Waals surface area contributed by atoms with Gasteiger partial charge in [-0.2, -0.15) is 0 Å². The van der Waals surface area contributed by atoms with Crippen molar-refractivity contribution >= 4 is 35.2 Å². The van der Waals surface area contributed by atoms with Crippen molar-refractivity contribution in [3.8, 4) is 0 Å². The predicted molar refractivity (Wildman–Crippen MR) is 91.6 cm³/mol. The summed E-state index contributed by atoms with van der Waals surface area (Å²) in [6.45, 7) is 5.10. The lowest BCUT2D eigenvalue weighted by Crippen LogP contribution is -2.39. The minimum atomic E-state index is -1.01. The van der Waals surface area contributed by atoms with E-state index in [-0.39, 0.29) is 29.9 Å². The fourth-order valence-corrected chi connectivity index (χ4v) is 2.16. The van der Waals surface area contributed by atoms with Crippen molar-refractivity contribution in [2.45, 2.75) is 20.8 Å². The van der Waals surface area contributed by atoms with Crippen LogP contribution in [0.25, 0.3) is 0 Å². The van der Waals surface area contributed by atoms with Gasteiger partial charge in [0, 0.05) is 12.2 Å². The third-order valence-corrected chi connectivity index (χ3v) is 4.04. The number of thioether (sulfide) groups is 1. The summed E-state index contributed by atoms with van der Waals surface area (Å²) in [4.78, 5) is 34.3. The summed E-state index contributed by atoms with van der Waals surface area (Å²) in [7, 11) is 0. The number of carbonyl (C=O) groups excluding carboxylic acids is 2. The molecule has 126 valence electrons. The number of anilines is 1. The van der Waals surface area contributed by atoms with Crippen LogP contribution in [0.5, 0.6) is 0 Å². The molecule has 2 amide bonds. The maximum Gasteiger partial charge on any atom is 0.310 e. The molecule has 7 heteroatoms.